The number of fused-ring (bicyclic) bond motifs is 1. The van der Waals surface area contributed by atoms with Crippen molar-refractivity contribution in [3.8, 4) is 0 Å². The third kappa shape index (κ3) is 5.67. The van der Waals surface area contributed by atoms with Crippen molar-refractivity contribution in [3.05, 3.63) is 76.2 Å². The van der Waals surface area contributed by atoms with Crippen LogP contribution in [0, 0.1) is 0 Å². The van der Waals surface area contributed by atoms with Crippen LogP contribution in [0.25, 0.3) is 0 Å². The summed E-state index contributed by atoms with van der Waals surface area (Å²) in [5.74, 6) is -2.00. The summed E-state index contributed by atoms with van der Waals surface area (Å²) in [7, 11) is -1.23. The first-order valence-electron chi connectivity index (χ1n) is 11.6. The molecule has 0 spiro atoms. The molecule has 0 saturated carbocycles. The Kier molecular flexibility index (Phi) is 7.94. The van der Waals surface area contributed by atoms with E-state index < -0.39 is 34.5 Å². The van der Waals surface area contributed by atoms with Crippen LogP contribution in [-0.2, 0) is 37.1 Å². The fourth-order valence-corrected chi connectivity index (χ4v) is 6.60. The van der Waals surface area contributed by atoms with Crippen LogP contribution in [0.15, 0.2) is 59.5 Å². The van der Waals surface area contributed by atoms with Gasteiger partial charge in [-0.3, -0.25) is 9.10 Å². The molecule has 0 saturated heterocycles. The maximum absolute atomic E-state index is 13.0. The molecule has 1 amide bonds. The minimum absolute atomic E-state index is 0.0165. The number of amides is 1. The minimum Gasteiger partial charge on any atom is -0.465 e. The number of hydrogen-bond donors (Lipinski definition) is 1. The standard InChI is InChI=1S/C26H26N2O7S2/c1-28(18-10-4-3-5-11-18)37(32,33)19-12-8-9-17(15-19)25(30)35-16-22(29)27-24-23(26(31)34-2)20-13-6-7-14-21(20)36-24/h3-5,8-12,15H,6-7,13-14,16H2,1-2H3,(H,27,29). The number of ether oxygens (including phenoxy) is 2. The van der Waals surface area contributed by atoms with Crippen molar-refractivity contribution >= 4 is 49.9 Å². The zero-order valence-corrected chi connectivity index (χ0v) is 22.0. The molecule has 1 aliphatic carbocycles. The summed E-state index contributed by atoms with van der Waals surface area (Å²) in [6.45, 7) is -0.608. The fraction of sp³-hybridized carbons (Fsp3) is 0.269. The zero-order chi connectivity index (χ0) is 26.6. The number of carbonyl (C=O) groups excluding carboxylic acids is 3. The SMILES string of the molecule is COC(=O)c1c(NC(=O)COC(=O)c2cccc(S(=O)(=O)N(C)c3ccccc3)c2)sc2c1CCCC2. The van der Waals surface area contributed by atoms with Gasteiger partial charge in [0.15, 0.2) is 6.61 Å². The van der Waals surface area contributed by atoms with Gasteiger partial charge in [-0.05, 0) is 61.6 Å². The largest absolute Gasteiger partial charge is 0.465 e. The first-order valence-corrected chi connectivity index (χ1v) is 13.8. The van der Waals surface area contributed by atoms with Gasteiger partial charge in [0.05, 0.1) is 28.8 Å². The van der Waals surface area contributed by atoms with Crippen molar-refractivity contribution in [2.45, 2.75) is 30.6 Å². The molecule has 0 bridgehead atoms. The monoisotopic (exact) mass is 542 g/mol. The van der Waals surface area contributed by atoms with Gasteiger partial charge in [0.2, 0.25) is 0 Å². The summed E-state index contributed by atoms with van der Waals surface area (Å²) in [4.78, 5) is 38.5. The molecule has 2 aromatic carbocycles. The van der Waals surface area contributed by atoms with E-state index in [0.29, 0.717) is 16.3 Å². The van der Waals surface area contributed by atoms with Gasteiger partial charge in [-0.15, -0.1) is 11.3 Å². The number of anilines is 2. The average molecular weight is 543 g/mol. The van der Waals surface area contributed by atoms with Crippen LogP contribution in [0.1, 0.15) is 44.0 Å². The molecule has 0 aliphatic heterocycles. The second-order valence-corrected chi connectivity index (χ2v) is 11.4. The van der Waals surface area contributed by atoms with E-state index in [1.165, 1.54) is 49.8 Å². The number of methoxy groups -OCH3 is 1. The summed E-state index contributed by atoms with van der Waals surface area (Å²) in [6.07, 6.45) is 3.52. The molecule has 1 heterocycles. The lowest BCUT2D eigenvalue weighted by Crippen LogP contribution is -2.26. The third-order valence-electron chi connectivity index (χ3n) is 6.00. The van der Waals surface area contributed by atoms with E-state index in [2.05, 4.69) is 5.32 Å². The highest BCUT2D eigenvalue weighted by Crippen LogP contribution is 2.38. The van der Waals surface area contributed by atoms with E-state index in [0.717, 1.165) is 40.4 Å². The van der Waals surface area contributed by atoms with Crippen LogP contribution in [0.2, 0.25) is 0 Å². The quantitative estimate of drug-likeness (QED) is 0.427. The number of para-hydroxylation sites is 1. The molecule has 4 rings (SSSR count). The first-order chi connectivity index (χ1) is 17.7. The second kappa shape index (κ2) is 11.1. The van der Waals surface area contributed by atoms with Crippen LogP contribution >= 0.6 is 11.3 Å². The average Bonchev–Trinajstić information content (AvgIpc) is 3.29. The Morgan fingerprint density at radius 2 is 1.73 bits per heavy atom. The predicted octanol–water partition coefficient (Wildman–Crippen LogP) is 4.03. The molecule has 9 nitrogen and oxygen atoms in total. The Hall–Kier alpha value is -3.70. The maximum atomic E-state index is 13.0. The molecule has 37 heavy (non-hydrogen) atoms. The van der Waals surface area contributed by atoms with Crippen molar-refractivity contribution in [2.24, 2.45) is 0 Å². The van der Waals surface area contributed by atoms with Crippen LogP contribution < -0.4 is 9.62 Å². The molecule has 194 valence electrons. The normalized spacial score (nSPS) is 12.8. The summed E-state index contributed by atoms with van der Waals surface area (Å²) in [5, 5.41) is 3.03. The molecular formula is C26H26N2O7S2. The number of benzene rings is 2. The van der Waals surface area contributed by atoms with E-state index in [1.54, 1.807) is 30.3 Å². The Balaban J connectivity index is 1.44. The number of sulfonamides is 1. The summed E-state index contributed by atoms with van der Waals surface area (Å²) >= 11 is 1.33. The van der Waals surface area contributed by atoms with E-state index in [1.807, 2.05) is 0 Å². The van der Waals surface area contributed by atoms with E-state index in [4.69, 9.17) is 9.47 Å². The van der Waals surface area contributed by atoms with Gasteiger partial charge in [-0.1, -0.05) is 24.3 Å². The van der Waals surface area contributed by atoms with Crippen LogP contribution in [0.5, 0.6) is 0 Å². The van der Waals surface area contributed by atoms with Gasteiger partial charge in [0.25, 0.3) is 15.9 Å². The van der Waals surface area contributed by atoms with E-state index in [-0.39, 0.29) is 10.5 Å². The molecule has 1 aromatic heterocycles. The lowest BCUT2D eigenvalue weighted by atomic mass is 9.95. The summed E-state index contributed by atoms with van der Waals surface area (Å²) in [5.41, 5.74) is 1.70. The van der Waals surface area contributed by atoms with E-state index >= 15 is 0 Å². The molecule has 1 N–H and O–H groups in total. The fourth-order valence-electron chi connectivity index (χ4n) is 4.07. The Morgan fingerprint density at radius 3 is 2.46 bits per heavy atom. The number of rotatable bonds is 8. The van der Waals surface area contributed by atoms with Crippen molar-refractivity contribution in [2.75, 3.05) is 30.4 Å². The highest BCUT2D eigenvalue weighted by atomic mass is 32.2. The number of thiophene rings is 1. The van der Waals surface area contributed by atoms with E-state index in [9.17, 15) is 22.8 Å². The van der Waals surface area contributed by atoms with Gasteiger partial charge < -0.3 is 14.8 Å². The molecule has 0 unspecified atom stereocenters. The zero-order valence-electron chi connectivity index (χ0n) is 20.4. The first kappa shape index (κ1) is 26.4. The van der Waals surface area contributed by atoms with Gasteiger partial charge in [0.1, 0.15) is 5.00 Å². The molecule has 3 aromatic rings. The number of esters is 2. The van der Waals surface area contributed by atoms with Gasteiger partial charge in [0, 0.05) is 11.9 Å². The number of carbonyl (C=O) groups is 3. The minimum atomic E-state index is -3.93. The lowest BCUT2D eigenvalue weighted by molar-refractivity contribution is -0.119. The summed E-state index contributed by atoms with van der Waals surface area (Å²) < 4.78 is 37.2. The van der Waals surface area contributed by atoms with Crippen LogP contribution in [-0.4, -0.2) is 47.0 Å². The summed E-state index contributed by atoms with van der Waals surface area (Å²) in [6, 6.07) is 14.0. The Labute approximate surface area is 219 Å². The van der Waals surface area contributed by atoms with Gasteiger partial charge in [-0.25, -0.2) is 18.0 Å². The molecule has 11 heteroatoms. The highest BCUT2D eigenvalue weighted by molar-refractivity contribution is 7.92. The Morgan fingerprint density at radius 1 is 1.00 bits per heavy atom. The van der Waals surface area contributed by atoms with Crippen LogP contribution in [0.4, 0.5) is 10.7 Å². The highest BCUT2D eigenvalue weighted by Gasteiger charge is 2.27. The smallest absolute Gasteiger partial charge is 0.341 e. The van der Waals surface area contributed by atoms with Crippen molar-refractivity contribution in [3.63, 3.8) is 0 Å². The molecule has 0 radical (unpaired) electrons. The van der Waals surface area contributed by atoms with Crippen molar-refractivity contribution in [1.82, 2.24) is 0 Å². The number of nitrogens with zero attached hydrogens (tertiary/aromatic N) is 1. The van der Waals surface area contributed by atoms with Gasteiger partial charge in [-0.2, -0.15) is 0 Å². The topological polar surface area (TPSA) is 119 Å². The Bertz CT molecular complexity index is 1430. The third-order valence-corrected chi connectivity index (χ3v) is 8.98. The molecule has 0 atom stereocenters. The molecule has 0 fully saturated rings. The van der Waals surface area contributed by atoms with Gasteiger partial charge >= 0.3 is 11.9 Å². The number of aryl methyl sites for hydroxylation is 1. The lowest BCUT2D eigenvalue weighted by Gasteiger charge is -2.19. The second-order valence-electron chi connectivity index (χ2n) is 8.37. The number of nitrogens with one attached hydrogen (secondary N) is 1. The van der Waals surface area contributed by atoms with Crippen molar-refractivity contribution < 1.29 is 32.3 Å². The number of hydrogen-bond acceptors (Lipinski definition) is 8. The molecule has 1 aliphatic rings. The van der Waals surface area contributed by atoms with Crippen molar-refractivity contribution in [1.29, 1.82) is 0 Å². The maximum Gasteiger partial charge on any atom is 0.341 e. The predicted molar refractivity (Wildman–Crippen MR) is 140 cm³/mol. The molecular weight excluding hydrogens is 516 g/mol. The van der Waals surface area contributed by atoms with Crippen LogP contribution in [0.3, 0.4) is 0 Å².